The van der Waals surface area contributed by atoms with Crippen molar-refractivity contribution >= 4 is 17.5 Å². The van der Waals surface area contributed by atoms with Crippen LogP contribution in [0.5, 0.6) is 0 Å². The van der Waals surface area contributed by atoms with E-state index in [-0.39, 0.29) is 29.6 Å². The van der Waals surface area contributed by atoms with E-state index in [0.29, 0.717) is 13.1 Å². The molecule has 1 aromatic heterocycles. The van der Waals surface area contributed by atoms with E-state index in [9.17, 15) is 9.59 Å². The number of rotatable bonds is 4. The van der Waals surface area contributed by atoms with Crippen LogP contribution in [0.25, 0.3) is 0 Å². The van der Waals surface area contributed by atoms with Crippen molar-refractivity contribution in [3.8, 4) is 0 Å². The minimum Gasteiger partial charge on any atom is -0.352 e. The van der Waals surface area contributed by atoms with Gasteiger partial charge in [-0.2, -0.15) is 0 Å². The summed E-state index contributed by atoms with van der Waals surface area (Å²) >= 11 is 0. The van der Waals surface area contributed by atoms with E-state index in [1.165, 1.54) is 5.56 Å². The molecule has 26 heavy (non-hydrogen) atoms. The van der Waals surface area contributed by atoms with E-state index < -0.39 is 0 Å². The Morgan fingerprint density at radius 2 is 1.81 bits per heavy atom. The smallest absolute Gasteiger partial charge is 0.227 e. The quantitative estimate of drug-likeness (QED) is 0.921. The molecule has 1 atom stereocenters. The van der Waals surface area contributed by atoms with E-state index in [2.05, 4.69) is 43.2 Å². The van der Waals surface area contributed by atoms with Gasteiger partial charge >= 0.3 is 0 Å². The lowest BCUT2D eigenvalue weighted by Gasteiger charge is -2.21. The number of carbonyl (C=O) groups excluding carboxylic acids is 2. The first kappa shape index (κ1) is 18.1. The van der Waals surface area contributed by atoms with Crippen molar-refractivity contribution in [1.82, 2.24) is 10.3 Å². The van der Waals surface area contributed by atoms with Crippen molar-refractivity contribution in [1.29, 1.82) is 0 Å². The van der Waals surface area contributed by atoms with Crippen LogP contribution < -0.4 is 10.2 Å². The van der Waals surface area contributed by atoms with Crippen LogP contribution in [0, 0.1) is 5.92 Å². The maximum absolute atomic E-state index is 12.4. The van der Waals surface area contributed by atoms with Gasteiger partial charge in [0.1, 0.15) is 0 Å². The van der Waals surface area contributed by atoms with Gasteiger partial charge < -0.3 is 10.2 Å². The fourth-order valence-electron chi connectivity index (χ4n) is 3.11. The monoisotopic (exact) mass is 351 g/mol. The molecule has 0 saturated carbocycles. The zero-order valence-corrected chi connectivity index (χ0v) is 15.5. The molecule has 0 aliphatic carbocycles. The van der Waals surface area contributed by atoms with Crippen LogP contribution in [0.2, 0.25) is 0 Å². The topological polar surface area (TPSA) is 62.3 Å². The van der Waals surface area contributed by atoms with Gasteiger partial charge in [0.05, 0.1) is 5.92 Å². The number of nitrogens with one attached hydrogen (secondary N) is 1. The molecule has 0 spiro atoms. The molecule has 2 aromatic rings. The standard InChI is InChI=1S/C21H25N3O2/c1-21(2,3)17-4-6-18(7-5-17)24-14-16(12-19(24)25)20(26)23-13-15-8-10-22-11-9-15/h4-11,16H,12-14H2,1-3H3,(H,23,26). The van der Waals surface area contributed by atoms with Gasteiger partial charge in [-0.05, 0) is 40.8 Å². The highest BCUT2D eigenvalue weighted by Crippen LogP contribution is 2.28. The molecule has 0 bridgehead atoms. The number of hydrogen-bond acceptors (Lipinski definition) is 3. The van der Waals surface area contributed by atoms with E-state index >= 15 is 0 Å². The molecule has 5 nitrogen and oxygen atoms in total. The molecule has 136 valence electrons. The second kappa shape index (κ2) is 7.28. The van der Waals surface area contributed by atoms with Gasteiger partial charge in [-0.3, -0.25) is 14.6 Å². The third kappa shape index (κ3) is 4.10. The van der Waals surface area contributed by atoms with Crippen LogP contribution >= 0.6 is 0 Å². The normalized spacial score (nSPS) is 17.4. The second-order valence-corrected chi connectivity index (χ2v) is 7.78. The Bertz CT molecular complexity index is 779. The molecule has 5 heteroatoms. The lowest BCUT2D eigenvalue weighted by Crippen LogP contribution is -2.32. The molecule has 1 aliphatic rings. The molecule has 3 rings (SSSR count). The van der Waals surface area contributed by atoms with Gasteiger partial charge in [0.15, 0.2) is 0 Å². The predicted molar refractivity (Wildman–Crippen MR) is 102 cm³/mol. The SMILES string of the molecule is CC(C)(C)c1ccc(N2CC(C(=O)NCc3ccncc3)CC2=O)cc1. The molecule has 2 amide bonds. The van der Waals surface area contributed by atoms with E-state index in [4.69, 9.17) is 0 Å². The number of aromatic nitrogens is 1. The minimum atomic E-state index is -0.313. The molecule has 1 saturated heterocycles. The molecular formula is C21H25N3O2. The predicted octanol–water partition coefficient (Wildman–Crippen LogP) is 3.05. The maximum Gasteiger partial charge on any atom is 0.227 e. The van der Waals surface area contributed by atoms with Gasteiger partial charge in [0.2, 0.25) is 11.8 Å². The zero-order chi connectivity index (χ0) is 18.7. The number of carbonyl (C=O) groups is 2. The summed E-state index contributed by atoms with van der Waals surface area (Å²) in [6.45, 7) is 7.35. The van der Waals surface area contributed by atoms with Gasteiger partial charge in [0, 0.05) is 37.6 Å². The van der Waals surface area contributed by atoms with Crippen molar-refractivity contribution in [3.05, 3.63) is 59.9 Å². The molecule has 1 fully saturated rings. The maximum atomic E-state index is 12.4. The Morgan fingerprint density at radius 1 is 1.15 bits per heavy atom. The van der Waals surface area contributed by atoms with Crippen LogP contribution in [-0.2, 0) is 21.5 Å². The van der Waals surface area contributed by atoms with Crippen LogP contribution in [-0.4, -0.2) is 23.3 Å². The molecule has 1 unspecified atom stereocenters. The first-order valence-corrected chi connectivity index (χ1v) is 8.92. The Morgan fingerprint density at radius 3 is 2.42 bits per heavy atom. The minimum absolute atomic E-state index is 0.00225. The lowest BCUT2D eigenvalue weighted by atomic mass is 9.87. The highest BCUT2D eigenvalue weighted by atomic mass is 16.2. The number of hydrogen-bond donors (Lipinski definition) is 1. The van der Waals surface area contributed by atoms with E-state index in [1.807, 2.05) is 24.3 Å². The van der Waals surface area contributed by atoms with Gasteiger partial charge in [-0.1, -0.05) is 32.9 Å². The second-order valence-electron chi connectivity index (χ2n) is 7.78. The first-order chi connectivity index (χ1) is 12.3. The van der Waals surface area contributed by atoms with Gasteiger partial charge in [-0.15, -0.1) is 0 Å². The largest absolute Gasteiger partial charge is 0.352 e. The van der Waals surface area contributed by atoms with Crippen LogP contribution in [0.15, 0.2) is 48.8 Å². The summed E-state index contributed by atoms with van der Waals surface area (Å²) in [7, 11) is 0. The highest BCUT2D eigenvalue weighted by Gasteiger charge is 2.35. The van der Waals surface area contributed by atoms with Gasteiger partial charge in [0.25, 0.3) is 0 Å². The van der Waals surface area contributed by atoms with Crippen molar-refractivity contribution in [2.24, 2.45) is 5.92 Å². The first-order valence-electron chi connectivity index (χ1n) is 8.92. The molecular weight excluding hydrogens is 326 g/mol. The third-order valence-electron chi connectivity index (χ3n) is 4.76. The average molecular weight is 351 g/mol. The summed E-state index contributed by atoms with van der Waals surface area (Å²) in [6, 6.07) is 11.8. The molecule has 1 N–H and O–H groups in total. The summed E-state index contributed by atoms with van der Waals surface area (Å²) < 4.78 is 0. The van der Waals surface area contributed by atoms with Crippen molar-refractivity contribution < 1.29 is 9.59 Å². The van der Waals surface area contributed by atoms with Crippen molar-refractivity contribution in [2.45, 2.75) is 39.2 Å². The Labute approximate surface area is 154 Å². The fraction of sp³-hybridized carbons (Fsp3) is 0.381. The van der Waals surface area contributed by atoms with Crippen LogP contribution in [0.1, 0.15) is 38.3 Å². The number of pyridine rings is 1. The zero-order valence-electron chi connectivity index (χ0n) is 15.5. The summed E-state index contributed by atoms with van der Waals surface area (Å²) in [5, 5.41) is 2.92. The molecule has 2 heterocycles. The Kier molecular flexibility index (Phi) is 5.07. The van der Waals surface area contributed by atoms with Crippen molar-refractivity contribution in [3.63, 3.8) is 0 Å². The molecule has 1 aromatic carbocycles. The summed E-state index contributed by atoms with van der Waals surface area (Å²) in [5.41, 5.74) is 3.14. The summed E-state index contributed by atoms with van der Waals surface area (Å²) in [4.78, 5) is 30.5. The number of anilines is 1. The summed E-state index contributed by atoms with van der Waals surface area (Å²) in [6.07, 6.45) is 3.65. The fourth-order valence-corrected chi connectivity index (χ4v) is 3.11. The number of benzene rings is 1. The molecule has 1 aliphatic heterocycles. The van der Waals surface area contributed by atoms with Gasteiger partial charge in [-0.25, -0.2) is 0 Å². The number of nitrogens with zero attached hydrogens (tertiary/aromatic N) is 2. The third-order valence-corrected chi connectivity index (χ3v) is 4.76. The van der Waals surface area contributed by atoms with E-state index in [1.54, 1.807) is 17.3 Å². The summed E-state index contributed by atoms with van der Waals surface area (Å²) in [5.74, 6) is -0.395. The van der Waals surface area contributed by atoms with Crippen molar-refractivity contribution in [2.75, 3.05) is 11.4 Å². The molecule has 0 radical (unpaired) electrons. The highest BCUT2D eigenvalue weighted by molar-refractivity contribution is 6.00. The average Bonchev–Trinajstić information content (AvgIpc) is 3.02. The van der Waals surface area contributed by atoms with Crippen LogP contribution in [0.3, 0.4) is 0 Å². The lowest BCUT2D eigenvalue weighted by molar-refractivity contribution is -0.126. The van der Waals surface area contributed by atoms with E-state index in [0.717, 1.165) is 11.3 Å². The Hall–Kier alpha value is -2.69. The Balaban J connectivity index is 1.62. The van der Waals surface area contributed by atoms with Crippen LogP contribution in [0.4, 0.5) is 5.69 Å². The number of amides is 2.